The fraction of sp³-hybridized carbons (Fsp3) is 0.250. The minimum Gasteiger partial charge on any atom is -0.398 e. The summed E-state index contributed by atoms with van der Waals surface area (Å²) >= 11 is 1.05. The highest BCUT2D eigenvalue weighted by Gasteiger charge is 2.15. The van der Waals surface area contributed by atoms with Crippen LogP contribution in [0.3, 0.4) is 0 Å². The van der Waals surface area contributed by atoms with Gasteiger partial charge in [0.05, 0.1) is 5.60 Å². The molecule has 0 spiro atoms. The number of aliphatic imine (C=N–C) groups is 1. The van der Waals surface area contributed by atoms with Crippen LogP contribution in [0.25, 0.3) is 11.1 Å². The fourth-order valence-corrected chi connectivity index (χ4v) is 3.91. The highest BCUT2D eigenvalue weighted by molar-refractivity contribution is 7.97. The number of alkyl halides is 1. The SMILES string of the molecule is CC(C)(O)CCN=Cc1cc(NC(=O)c2cccc(SN)c2)c(-c2ccc(C(=O)NCCF)cc2)cc1N. The predicted octanol–water partition coefficient (Wildman–Crippen LogP) is 4.43. The minimum absolute atomic E-state index is 0.0595. The lowest BCUT2D eigenvalue weighted by Gasteiger charge is -2.16. The van der Waals surface area contributed by atoms with E-state index in [0.29, 0.717) is 52.2 Å². The molecule has 0 aliphatic rings. The molecule has 0 radical (unpaired) electrons. The molecule has 0 atom stereocenters. The third-order valence-corrected chi connectivity index (χ3v) is 6.15. The maximum atomic E-state index is 13.1. The van der Waals surface area contributed by atoms with Crippen molar-refractivity contribution in [1.82, 2.24) is 5.32 Å². The molecule has 3 aromatic rings. The van der Waals surface area contributed by atoms with Crippen LogP contribution in [0, 0.1) is 0 Å². The molecule has 0 heterocycles. The standard InChI is InChI=1S/C28H32FN5O3S/c1-28(2,37)10-12-32-17-21-15-25(34-27(36)20-4-3-5-22(14-20)38-31)23(16-24(21)30)18-6-8-19(9-7-18)26(35)33-13-11-29/h3-9,14-17,37H,10-13,30-31H2,1-2H3,(H,33,35)(H,34,36). The highest BCUT2D eigenvalue weighted by Crippen LogP contribution is 2.33. The van der Waals surface area contributed by atoms with Gasteiger partial charge in [-0.05, 0) is 80.2 Å². The number of hydrogen-bond donors (Lipinski definition) is 5. The van der Waals surface area contributed by atoms with Gasteiger partial charge in [0, 0.05) is 57.8 Å². The number of nitrogens with one attached hydrogen (secondary N) is 2. The Morgan fingerprint density at radius 2 is 1.82 bits per heavy atom. The van der Waals surface area contributed by atoms with E-state index in [-0.39, 0.29) is 18.4 Å². The van der Waals surface area contributed by atoms with E-state index >= 15 is 0 Å². The van der Waals surface area contributed by atoms with Crippen LogP contribution in [0.2, 0.25) is 0 Å². The van der Waals surface area contributed by atoms with Crippen molar-refractivity contribution in [3.8, 4) is 11.1 Å². The molecule has 10 heteroatoms. The van der Waals surface area contributed by atoms with Crippen molar-refractivity contribution < 1.29 is 19.1 Å². The predicted molar refractivity (Wildman–Crippen MR) is 152 cm³/mol. The zero-order valence-electron chi connectivity index (χ0n) is 21.3. The summed E-state index contributed by atoms with van der Waals surface area (Å²) in [5.74, 6) is -0.712. The molecule has 0 unspecified atom stereocenters. The van der Waals surface area contributed by atoms with E-state index in [2.05, 4.69) is 15.6 Å². The number of halogens is 1. The van der Waals surface area contributed by atoms with Gasteiger partial charge >= 0.3 is 0 Å². The molecule has 0 saturated carbocycles. The maximum absolute atomic E-state index is 13.1. The van der Waals surface area contributed by atoms with Crippen molar-refractivity contribution in [3.63, 3.8) is 0 Å². The van der Waals surface area contributed by atoms with Gasteiger partial charge in [-0.2, -0.15) is 0 Å². The molecule has 2 amide bonds. The summed E-state index contributed by atoms with van der Waals surface area (Å²) in [4.78, 5) is 30.4. The topological polar surface area (TPSA) is 143 Å². The lowest BCUT2D eigenvalue weighted by atomic mass is 9.98. The normalized spacial score (nSPS) is 11.5. The van der Waals surface area contributed by atoms with Crippen LogP contribution >= 0.6 is 11.9 Å². The van der Waals surface area contributed by atoms with Gasteiger partial charge in [-0.3, -0.25) is 19.7 Å². The number of carbonyl (C=O) groups is 2. The molecule has 0 aliphatic carbocycles. The number of aliphatic hydroxyl groups is 1. The molecule has 200 valence electrons. The molecule has 8 nitrogen and oxygen atoms in total. The number of nitrogens with two attached hydrogens (primary N) is 2. The van der Waals surface area contributed by atoms with Gasteiger partial charge < -0.3 is 21.5 Å². The van der Waals surface area contributed by atoms with Crippen molar-refractivity contribution in [3.05, 3.63) is 77.4 Å². The van der Waals surface area contributed by atoms with Gasteiger partial charge in [0.2, 0.25) is 0 Å². The number of carbonyl (C=O) groups excluding carboxylic acids is 2. The summed E-state index contributed by atoms with van der Waals surface area (Å²) in [7, 11) is 0. The van der Waals surface area contributed by atoms with Gasteiger partial charge in [0.15, 0.2) is 0 Å². The van der Waals surface area contributed by atoms with Gasteiger partial charge in [0.1, 0.15) is 6.67 Å². The van der Waals surface area contributed by atoms with Crippen LogP contribution < -0.4 is 21.5 Å². The number of hydrogen-bond acceptors (Lipinski definition) is 7. The van der Waals surface area contributed by atoms with E-state index in [0.717, 1.165) is 16.8 Å². The van der Waals surface area contributed by atoms with E-state index in [4.69, 9.17) is 10.9 Å². The summed E-state index contributed by atoms with van der Waals surface area (Å²) in [5.41, 5.74) is 9.22. The van der Waals surface area contributed by atoms with Crippen LogP contribution in [0.1, 0.15) is 46.5 Å². The molecular formula is C28H32FN5O3S. The van der Waals surface area contributed by atoms with Gasteiger partial charge in [0.25, 0.3) is 11.8 Å². The minimum atomic E-state index is -0.836. The van der Waals surface area contributed by atoms with Crippen LogP contribution in [0.5, 0.6) is 0 Å². The Bertz CT molecular complexity index is 1310. The third kappa shape index (κ3) is 8.14. The van der Waals surface area contributed by atoms with Crippen LogP contribution in [-0.4, -0.2) is 48.5 Å². The van der Waals surface area contributed by atoms with Crippen LogP contribution in [0.15, 0.2) is 70.6 Å². The summed E-state index contributed by atoms with van der Waals surface area (Å²) in [6, 6.07) is 17.1. The van der Waals surface area contributed by atoms with Crippen LogP contribution in [0.4, 0.5) is 15.8 Å². The van der Waals surface area contributed by atoms with Crippen molar-refractivity contribution >= 4 is 41.4 Å². The van der Waals surface area contributed by atoms with E-state index in [1.54, 1.807) is 74.7 Å². The molecule has 38 heavy (non-hydrogen) atoms. The monoisotopic (exact) mass is 537 g/mol. The number of benzene rings is 3. The molecule has 3 rings (SSSR count). The molecule has 0 fully saturated rings. The zero-order valence-corrected chi connectivity index (χ0v) is 22.1. The Labute approximate surface area is 225 Å². The van der Waals surface area contributed by atoms with Gasteiger partial charge in [-0.25, -0.2) is 4.39 Å². The summed E-state index contributed by atoms with van der Waals surface area (Å²) in [5, 5.41) is 21.0. The largest absolute Gasteiger partial charge is 0.398 e. The van der Waals surface area contributed by atoms with Gasteiger partial charge in [-0.1, -0.05) is 18.2 Å². The molecule has 7 N–H and O–H groups in total. The van der Waals surface area contributed by atoms with Crippen molar-refractivity contribution in [1.29, 1.82) is 0 Å². The first kappa shape index (κ1) is 28.8. The van der Waals surface area contributed by atoms with E-state index in [9.17, 15) is 19.1 Å². The van der Waals surface area contributed by atoms with E-state index < -0.39 is 12.3 Å². The summed E-state index contributed by atoms with van der Waals surface area (Å²) < 4.78 is 12.4. The lowest BCUT2D eigenvalue weighted by molar-refractivity contribution is 0.0739. The molecule has 0 bridgehead atoms. The third-order valence-electron chi connectivity index (χ3n) is 5.62. The van der Waals surface area contributed by atoms with Crippen molar-refractivity contribution in [2.75, 3.05) is 30.8 Å². The number of nitrogens with zero attached hydrogens (tertiary/aromatic N) is 1. The first-order valence-corrected chi connectivity index (χ1v) is 12.9. The average Bonchev–Trinajstić information content (AvgIpc) is 2.90. The number of nitrogen functional groups attached to an aromatic ring is 1. The zero-order chi connectivity index (χ0) is 27.7. The summed E-state index contributed by atoms with van der Waals surface area (Å²) in [6.07, 6.45) is 2.09. The Balaban J connectivity index is 1.96. The van der Waals surface area contributed by atoms with Crippen LogP contribution in [-0.2, 0) is 0 Å². The van der Waals surface area contributed by atoms with E-state index in [1.165, 1.54) is 0 Å². The first-order chi connectivity index (χ1) is 18.1. The first-order valence-electron chi connectivity index (χ1n) is 12.0. The number of rotatable bonds is 11. The second-order valence-electron chi connectivity index (χ2n) is 9.25. The quantitative estimate of drug-likeness (QED) is 0.139. The second kappa shape index (κ2) is 13.2. The van der Waals surface area contributed by atoms with Crippen molar-refractivity contribution in [2.45, 2.75) is 30.8 Å². The molecule has 0 aromatic heterocycles. The molecule has 3 aromatic carbocycles. The second-order valence-corrected chi connectivity index (χ2v) is 9.95. The Kier molecular flexibility index (Phi) is 10.0. The highest BCUT2D eigenvalue weighted by atomic mass is 32.2. The Morgan fingerprint density at radius 1 is 1.08 bits per heavy atom. The lowest BCUT2D eigenvalue weighted by Crippen LogP contribution is -2.25. The molecule has 0 saturated heterocycles. The fourth-order valence-electron chi connectivity index (χ4n) is 3.56. The molecule has 0 aliphatic heterocycles. The van der Waals surface area contributed by atoms with E-state index in [1.807, 2.05) is 6.07 Å². The Morgan fingerprint density at radius 3 is 2.47 bits per heavy atom. The Hall–Kier alpha value is -3.73. The smallest absolute Gasteiger partial charge is 0.255 e. The number of amides is 2. The van der Waals surface area contributed by atoms with Crippen molar-refractivity contribution in [2.24, 2.45) is 10.1 Å². The maximum Gasteiger partial charge on any atom is 0.255 e. The molecular weight excluding hydrogens is 505 g/mol. The van der Waals surface area contributed by atoms with Gasteiger partial charge in [-0.15, -0.1) is 0 Å². The summed E-state index contributed by atoms with van der Waals surface area (Å²) in [6.45, 7) is 3.13. The number of anilines is 2. The average molecular weight is 538 g/mol.